The second-order valence-corrected chi connectivity index (χ2v) is 5.22. The molecule has 0 spiro atoms. The number of ether oxygens (including phenoxy) is 1. The Kier molecular flexibility index (Phi) is 3.53. The quantitative estimate of drug-likeness (QED) is 0.524. The number of halogens is 1. The molecule has 0 aliphatic rings. The second-order valence-electron chi connectivity index (χ2n) is 5.22. The van der Waals surface area contributed by atoms with Crippen molar-refractivity contribution >= 4 is 17.1 Å². The van der Waals surface area contributed by atoms with Gasteiger partial charge in [-0.25, -0.2) is 14.2 Å². The fourth-order valence-corrected chi connectivity index (χ4v) is 2.61. The Morgan fingerprint density at radius 1 is 1.20 bits per heavy atom. The molecular weight excluding hydrogens is 327 g/mol. The van der Waals surface area contributed by atoms with Crippen molar-refractivity contribution in [3.63, 3.8) is 0 Å². The zero-order chi connectivity index (χ0) is 17.4. The van der Waals surface area contributed by atoms with Gasteiger partial charge in [0.1, 0.15) is 5.82 Å². The summed E-state index contributed by atoms with van der Waals surface area (Å²) in [5.74, 6) is -0.652. The maximum atomic E-state index is 14.1. The molecule has 0 unspecified atom stereocenters. The molecule has 6 nitrogen and oxygen atoms in total. The zero-order valence-electron chi connectivity index (χ0n) is 13.0. The topological polar surface area (TPSA) is 78.4 Å². The highest BCUT2D eigenvalue weighted by molar-refractivity contribution is 6.07. The van der Waals surface area contributed by atoms with E-state index in [9.17, 15) is 9.18 Å². The van der Waals surface area contributed by atoms with E-state index >= 15 is 0 Å². The molecule has 7 heteroatoms. The first kappa shape index (κ1) is 15.1. The van der Waals surface area contributed by atoms with E-state index in [1.807, 2.05) is 0 Å². The van der Waals surface area contributed by atoms with Gasteiger partial charge in [-0.05, 0) is 30.3 Å². The number of benzene rings is 1. The number of carbonyl (C=O) groups is 1. The standard InChI is InChI=1S/C18H11FN2O4/c1-23-18(22)11-9-13(10-5-2-3-6-12(10)19)20-17-15(11)16(21-25-17)14-7-4-8-24-14/h2-9H,1H3. The molecule has 0 saturated carbocycles. The Balaban J connectivity index is 2.01. The molecule has 1 aromatic carbocycles. The summed E-state index contributed by atoms with van der Waals surface area (Å²) in [6.45, 7) is 0. The minimum Gasteiger partial charge on any atom is -0.465 e. The molecular formula is C18H11FN2O4. The van der Waals surface area contributed by atoms with Crippen LogP contribution in [0.25, 0.3) is 33.8 Å². The minimum atomic E-state index is -0.610. The van der Waals surface area contributed by atoms with Crippen LogP contribution in [0.4, 0.5) is 4.39 Å². The molecule has 3 heterocycles. The van der Waals surface area contributed by atoms with Crippen LogP contribution in [0.3, 0.4) is 0 Å². The number of hydrogen-bond donors (Lipinski definition) is 0. The third kappa shape index (κ3) is 2.46. The maximum absolute atomic E-state index is 14.1. The first-order valence-electron chi connectivity index (χ1n) is 7.36. The predicted molar refractivity (Wildman–Crippen MR) is 86.2 cm³/mol. The van der Waals surface area contributed by atoms with Crippen molar-refractivity contribution in [2.75, 3.05) is 7.11 Å². The first-order chi connectivity index (χ1) is 12.2. The molecule has 25 heavy (non-hydrogen) atoms. The molecule has 0 N–H and O–H groups in total. The van der Waals surface area contributed by atoms with Crippen molar-refractivity contribution in [1.82, 2.24) is 10.1 Å². The molecule has 0 radical (unpaired) electrons. The van der Waals surface area contributed by atoms with Gasteiger partial charge in [0, 0.05) is 5.56 Å². The summed E-state index contributed by atoms with van der Waals surface area (Å²) < 4.78 is 29.5. The maximum Gasteiger partial charge on any atom is 0.338 e. The molecule has 4 rings (SSSR count). The fraction of sp³-hybridized carbons (Fsp3) is 0.0556. The normalized spacial score (nSPS) is 11.0. The van der Waals surface area contributed by atoms with E-state index in [0.717, 1.165) is 0 Å². The molecule has 0 amide bonds. The lowest BCUT2D eigenvalue weighted by molar-refractivity contribution is 0.0603. The van der Waals surface area contributed by atoms with Gasteiger partial charge < -0.3 is 13.7 Å². The van der Waals surface area contributed by atoms with E-state index < -0.39 is 11.8 Å². The number of esters is 1. The number of rotatable bonds is 3. The third-order valence-electron chi connectivity index (χ3n) is 3.76. The summed E-state index contributed by atoms with van der Waals surface area (Å²) in [4.78, 5) is 16.6. The van der Waals surface area contributed by atoms with Crippen molar-refractivity contribution in [1.29, 1.82) is 0 Å². The van der Waals surface area contributed by atoms with Crippen LogP contribution < -0.4 is 0 Å². The van der Waals surface area contributed by atoms with E-state index in [4.69, 9.17) is 13.7 Å². The van der Waals surface area contributed by atoms with Gasteiger partial charge in [0.25, 0.3) is 5.71 Å². The van der Waals surface area contributed by atoms with Crippen LogP contribution in [0.15, 0.2) is 57.7 Å². The molecule has 0 bridgehead atoms. The number of pyridine rings is 1. The molecule has 3 aromatic heterocycles. The average molecular weight is 338 g/mol. The van der Waals surface area contributed by atoms with Crippen LogP contribution in [0, 0.1) is 5.82 Å². The Labute approximate surface area is 140 Å². The van der Waals surface area contributed by atoms with Gasteiger partial charge in [0.05, 0.1) is 30.0 Å². The lowest BCUT2D eigenvalue weighted by Crippen LogP contribution is -2.04. The monoisotopic (exact) mass is 338 g/mol. The van der Waals surface area contributed by atoms with E-state index in [-0.39, 0.29) is 22.5 Å². The summed E-state index contributed by atoms with van der Waals surface area (Å²) in [6.07, 6.45) is 1.48. The lowest BCUT2D eigenvalue weighted by Gasteiger charge is -2.06. The summed E-state index contributed by atoms with van der Waals surface area (Å²) in [5, 5.41) is 4.29. The van der Waals surface area contributed by atoms with E-state index in [0.29, 0.717) is 16.8 Å². The van der Waals surface area contributed by atoms with Gasteiger partial charge in [-0.15, -0.1) is 0 Å². The molecule has 124 valence electrons. The number of aromatic nitrogens is 2. The van der Waals surface area contributed by atoms with Crippen molar-refractivity contribution < 1.29 is 22.9 Å². The molecule has 0 atom stereocenters. The van der Waals surface area contributed by atoms with E-state index in [1.165, 1.54) is 25.5 Å². The summed E-state index contributed by atoms with van der Waals surface area (Å²) in [7, 11) is 1.26. The lowest BCUT2D eigenvalue weighted by atomic mass is 10.0. The van der Waals surface area contributed by atoms with Gasteiger partial charge in [0.2, 0.25) is 0 Å². The highest BCUT2D eigenvalue weighted by Crippen LogP contribution is 2.33. The Hall–Kier alpha value is -3.48. The van der Waals surface area contributed by atoms with Crippen LogP contribution >= 0.6 is 0 Å². The number of nitrogens with zero attached hydrogens (tertiary/aromatic N) is 2. The Morgan fingerprint density at radius 2 is 2.04 bits per heavy atom. The fourth-order valence-electron chi connectivity index (χ4n) is 2.61. The van der Waals surface area contributed by atoms with Gasteiger partial charge in [0.15, 0.2) is 11.5 Å². The smallest absolute Gasteiger partial charge is 0.338 e. The first-order valence-corrected chi connectivity index (χ1v) is 7.36. The Bertz CT molecular complexity index is 1070. The van der Waals surface area contributed by atoms with Crippen LogP contribution in [0.1, 0.15) is 10.4 Å². The number of hydrogen-bond acceptors (Lipinski definition) is 6. The van der Waals surface area contributed by atoms with Gasteiger partial charge in [-0.2, -0.15) is 0 Å². The average Bonchev–Trinajstić information content (AvgIpc) is 3.29. The van der Waals surface area contributed by atoms with Crippen molar-refractivity contribution in [2.24, 2.45) is 0 Å². The summed E-state index contributed by atoms with van der Waals surface area (Å²) in [5.41, 5.74) is 1.07. The van der Waals surface area contributed by atoms with Gasteiger partial charge in [-0.3, -0.25) is 0 Å². The van der Waals surface area contributed by atoms with Crippen LogP contribution in [-0.2, 0) is 4.74 Å². The van der Waals surface area contributed by atoms with Crippen molar-refractivity contribution in [3.05, 3.63) is 60.1 Å². The molecule has 0 fully saturated rings. The van der Waals surface area contributed by atoms with Crippen LogP contribution in [-0.4, -0.2) is 23.2 Å². The Morgan fingerprint density at radius 3 is 2.76 bits per heavy atom. The molecule has 0 saturated heterocycles. The van der Waals surface area contributed by atoms with Gasteiger partial charge in [-0.1, -0.05) is 17.3 Å². The highest BCUT2D eigenvalue weighted by atomic mass is 19.1. The number of carbonyl (C=O) groups excluding carboxylic acids is 1. The number of methoxy groups -OCH3 is 1. The van der Waals surface area contributed by atoms with Crippen LogP contribution in [0.5, 0.6) is 0 Å². The predicted octanol–water partition coefficient (Wildman–Crippen LogP) is 4.08. The minimum absolute atomic E-state index is 0.0903. The van der Waals surface area contributed by atoms with E-state index in [2.05, 4.69) is 10.1 Å². The highest BCUT2D eigenvalue weighted by Gasteiger charge is 2.24. The third-order valence-corrected chi connectivity index (χ3v) is 3.76. The SMILES string of the molecule is COC(=O)c1cc(-c2ccccc2F)nc2onc(-c3ccco3)c12. The molecule has 0 aliphatic carbocycles. The van der Waals surface area contributed by atoms with E-state index in [1.54, 1.807) is 30.3 Å². The second kappa shape index (κ2) is 5.86. The van der Waals surface area contributed by atoms with Crippen LogP contribution in [0.2, 0.25) is 0 Å². The number of furan rings is 1. The van der Waals surface area contributed by atoms with Crippen molar-refractivity contribution in [2.45, 2.75) is 0 Å². The zero-order valence-corrected chi connectivity index (χ0v) is 13.0. The van der Waals surface area contributed by atoms with Gasteiger partial charge >= 0.3 is 5.97 Å². The molecule has 4 aromatic rings. The number of fused-ring (bicyclic) bond motifs is 1. The summed E-state index contributed by atoms with van der Waals surface area (Å²) >= 11 is 0. The summed E-state index contributed by atoms with van der Waals surface area (Å²) in [6, 6.07) is 11.0. The largest absolute Gasteiger partial charge is 0.465 e. The van der Waals surface area contributed by atoms with Crippen molar-refractivity contribution in [3.8, 4) is 22.7 Å². The molecule has 0 aliphatic heterocycles.